The molecule has 0 aromatic carbocycles. The number of hydrogen-bond acceptors (Lipinski definition) is 3. The van der Waals surface area contributed by atoms with Gasteiger partial charge in [-0.05, 0) is 37.0 Å². The predicted molar refractivity (Wildman–Crippen MR) is 82.4 cm³/mol. The highest BCUT2D eigenvalue weighted by molar-refractivity contribution is 7.92. The Balaban J connectivity index is 1.82. The fraction of sp³-hybridized carbons (Fsp3) is 0.400. The van der Waals surface area contributed by atoms with Crippen LogP contribution in [0.4, 0.5) is 32.2 Å². The number of anilines is 1. The van der Waals surface area contributed by atoms with Crippen LogP contribution in [0.15, 0.2) is 29.4 Å². The largest absolute Gasteiger partial charge is 0.417 e. The van der Waals surface area contributed by atoms with Gasteiger partial charge in [-0.25, -0.2) is 13.4 Å². The topological polar surface area (TPSA) is 74.8 Å². The van der Waals surface area contributed by atoms with Gasteiger partial charge in [-0.2, -0.15) is 26.3 Å². The molecule has 12 heteroatoms. The van der Waals surface area contributed by atoms with Crippen LogP contribution in [-0.4, -0.2) is 24.6 Å². The number of aromatic nitrogens is 2. The van der Waals surface area contributed by atoms with Crippen LogP contribution < -0.4 is 4.72 Å². The van der Waals surface area contributed by atoms with E-state index < -0.39 is 33.9 Å². The molecule has 2 N–H and O–H groups in total. The van der Waals surface area contributed by atoms with Gasteiger partial charge in [0.15, 0.2) is 0 Å². The van der Waals surface area contributed by atoms with Crippen molar-refractivity contribution < 1.29 is 34.8 Å². The minimum Gasteiger partial charge on any atom is -0.363 e. The Morgan fingerprint density at radius 1 is 1.15 bits per heavy atom. The molecular weight excluding hydrogens is 400 g/mol. The summed E-state index contributed by atoms with van der Waals surface area (Å²) in [7, 11) is -4.22. The summed E-state index contributed by atoms with van der Waals surface area (Å²) in [6, 6.07) is 1.53. The molecule has 0 spiro atoms. The minimum absolute atomic E-state index is 0.0836. The first-order chi connectivity index (χ1) is 12.4. The lowest BCUT2D eigenvalue weighted by Gasteiger charge is -2.24. The molecule has 1 unspecified atom stereocenters. The number of sulfonamides is 1. The summed E-state index contributed by atoms with van der Waals surface area (Å²) < 4.78 is 103. The second-order valence-electron chi connectivity index (χ2n) is 6.13. The standard InChI is InChI=1S/C15H13F6N3O2S/c16-14(17,18)8-1-3-10-11(5-8)22-7-12(10)27(25,26)24-13-4-2-9(6-23-13)15(19,20)21/h2,4,6-8,22H,1,3,5H2,(H,23,24). The first kappa shape index (κ1) is 19.5. The van der Waals surface area contributed by atoms with E-state index in [1.54, 1.807) is 0 Å². The van der Waals surface area contributed by atoms with E-state index in [0.717, 1.165) is 12.3 Å². The number of nitrogens with zero attached hydrogens (tertiary/aromatic N) is 1. The summed E-state index contributed by atoms with van der Waals surface area (Å²) in [5.74, 6) is -1.88. The SMILES string of the molecule is O=S(=O)(Nc1ccc(C(F)(F)F)cn1)c1c[nH]c2c1CCC(C(F)(F)F)C2. The van der Waals surface area contributed by atoms with Crippen LogP contribution >= 0.6 is 0 Å². The van der Waals surface area contributed by atoms with Crippen LogP contribution in [0.5, 0.6) is 0 Å². The maximum atomic E-state index is 12.8. The molecule has 2 aromatic heterocycles. The lowest BCUT2D eigenvalue weighted by Crippen LogP contribution is -2.29. The number of H-pyrrole nitrogens is 1. The lowest BCUT2D eigenvalue weighted by molar-refractivity contribution is -0.177. The molecule has 5 nitrogen and oxygen atoms in total. The van der Waals surface area contributed by atoms with Crippen molar-refractivity contribution in [2.45, 2.75) is 36.5 Å². The van der Waals surface area contributed by atoms with E-state index in [9.17, 15) is 34.8 Å². The van der Waals surface area contributed by atoms with Crippen molar-refractivity contribution in [2.75, 3.05) is 4.72 Å². The molecule has 0 radical (unpaired) electrons. The van der Waals surface area contributed by atoms with Crippen LogP contribution in [0.25, 0.3) is 0 Å². The summed E-state index contributed by atoms with van der Waals surface area (Å²) in [4.78, 5) is 5.75. The van der Waals surface area contributed by atoms with Gasteiger partial charge < -0.3 is 4.98 Å². The number of pyridine rings is 1. The summed E-state index contributed by atoms with van der Waals surface area (Å²) in [5.41, 5.74) is -0.609. The number of nitrogens with one attached hydrogen (secondary N) is 2. The molecule has 2 heterocycles. The van der Waals surface area contributed by atoms with Crippen molar-refractivity contribution in [2.24, 2.45) is 5.92 Å². The number of alkyl halides is 6. The molecular formula is C15H13F6N3O2S. The highest BCUT2D eigenvalue weighted by atomic mass is 32.2. The highest BCUT2D eigenvalue weighted by Gasteiger charge is 2.42. The molecule has 1 aliphatic carbocycles. The quantitative estimate of drug-likeness (QED) is 0.750. The van der Waals surface area contributed by atoms with E-state index in [0.29, 0.717) is 12.3 Å². The summed E-state index contributed by atoms with van der Waals surface area (Å²) >= 11 is 0. The van der Waals surface area contributed by atoms with Crippen molar-refractivity contribution in [1.29, 1.82) is 0 Å². The third-order valence-electron chi connectivity index (χ3n) is 4.31. The Hall–Kier alpha value is -2.24. The molecule has 1 atom stereocenters. The number of rotatable bonds is 3. The van der Waals surface area contributed by atoms with E-state index in [2.05, 4.69) is 9.97 Å². The zero-order valence-electron chi connectivity index (χ0n) is 13.4. The zero-order chi connectivity index (χ0) is 20.0. The van der Waals surface area contributed by atoms with E-state index >= 15 is 0 Å². The van der Waals surface area contributed by atoms with Crippen molar-refractivity contribution in [3.8, 4) is 0 Å². The average molecular weight is 413 g/mol. The molecule has 1 aliphatic rings. The lowest BCUT2D eigenvalue weighted by atomic mass is 9.87. The summed E-state index contributed by atoms with van der Waals surface area (Å²) in [6.45, 7) is 0. The average Bonchev–Trinajstić information content (AvgIpc) is 2.97. The second-order valence-corrected chi connectivity index (χ2v) is 7.78. The number of hydrogen-bond donors (Lipinski definition) is 2. The molecule has 0 fully saturated rings. The van der Waals surface area contributed by atoms with Gasteiger partial charge in [0.05, 0.1) is 11.5 Å². The predicted octanol–water partition coefficient (Wildman–Crippen LogP) is 3.90. The first-order valence-corrected chi connectivity index (χ1v) is 9.18. The fourth-order valence-electron chi connectivity index (χ4n) is 2.93. The highest BCUT2D eigenvalue weighted by Crippen LogP contribution is 2.38. The molecule has 27 heavy (non-hydrogen) atoms. The van der Waals surface area contributed by atoms with Crippen LogP contribution in [0.2, 0.25) is 0 Å². The smallest absolute Gasteiger partial charge is 0.363 e. The molecule has 0 aliphatic heterocycles. The van der Waals surface area contributed by atoms with Gasteiger partial charge in [0, 0.05) is 18.1 Å². The maximum Gasteiger partial charge on any atom is 0.417 e. The van der Waals surface area contributed by atoms with Gasteiger partial charge in [0.2, 0.25) is 0 Å². The second kappa shape index (κ2) is 6.43. The van der Waals surface area contributed by atoms with Crippen molar-refractivity contribution in [3.63, 3.8) is 0 Å². The van der Waals surface area contributed by atoms with Crippen LogP contribution in [0, 0.1) is 5.92 Å². The molecule has 0 bridgehead atoms. The molecule has 0 amide bonds. The van der Waals surface area contributed by atoms with Gasteiger partial charge in [-0.15, -0.1) is 0 Å². The third-order valence-corrected chi connectivity index (χ3v) is 5.74. The first-order valence-electron chi connectivity index (χ1n) is 7.70. The summed E-state index contributed by atoms with van der Waals surface area (Å²) in [5, 5.41) is 0. The Morgan fingerprint density at radius 3 is 2.41 bits per heavy atom. The Bertz CT molecular complexity index is 932. The van der Waals surface area contributed by atoms with Crippen molar-refractivity contribution >= 4 is 15.8 Å². The molecule has 0 saturated carbocycles. The van der Waals surface area contributed by atoms with E-state index in [-0.39, 0.29) is 41.2 Å². The normalized spacial score (nSPS) is 18.2. The fourth-order valence-corrected chi connectivity index (χ4v) is 4.20. The number of fused-ring (bicyclic) bond motifs is 1. The minimum atomic E-state index is -4.61. The van der Waals surface area contributed by atoms with Gasteiger partial charge in [-0.3, -0.25) is 4.72 Å². The monoisotopic (exact) mass is 413 g/mol. The van der Waals surface area contributed by atoms with Crippen molar-refractivity contribution in [1.82, 2.24) is 9.97 Å². The number of aromatic amines is 1. The zero-order valence-corrected chi connectivity index (χ0v) is 14.3. The Labute approximate surface area is 149 Å². The maximum absolute atomic E-state index is 12.8. The molecule has 148 valence electrons. The van der Waals surface area contributed by atoms with Crippen molar-refractivity contribution in [3.05, 3.63) is 41.3 Å². The Morgan fingerprint density at radius 2 is 1.85 bits per heavy atom. The van der Waals surface area contributed by atoms with Gasteiger partial charge in [0.1, 0.15) is 10.7 Å². The summed E-state index contributed by atoms with van der Waals surface area (Å²) in [6.07, 6.45) is -8.10. The van der Waals surface area contributed by atoms with E-state index in [4.69, 9.17) is 0 Å². The van der Waals surface area contributed by atoms with Gasteiger partial charge >= 0.3 is 12.4 Å². The van der Waals surface area contributed by atoms with E-state index in [1.165, 1.54) is 0 Å². The number of halogens is 6. The van der Waals surface area contributed by atoms with Crippen LogP contribution in [0.1, 0.15) is 23.2 Å². The van der Waals surface area contributed by atoms with Crippen LogP contribution in [-0.2, 0) is 29.0 Å². The molecule has 2 aromatic rings. The molecule has 0 saturated heterocycles. The Kier molecular flexibility index (Phi) is 4.65. The third kappa shape index (κ3) is 4.04. The van der Waals surface area contributed by atoms with E-state index in [1.807, 2.05) is 4.72 Å². The van der Waals surface area contributed by atoms with Crippen LogP contribution in [0.3, 0.4) is 0 Å². The van der Waals surface area contributed by atoms with Gasteiger partial charge in [0.25, 0.3) is 10.0 Å². The van der Waals surface area contributed by atoms with Gasteiger partial charge in [-0.1, -0.05) is 0 Å². The molecule has 3 rings (SSSR count).